The summed E-state index contributed by atoms with van der Waals surface area (Å²) in [4.78, 5) is 2.18. The minimum Gasteiger partial charge on any atom is -0.309 e. The lowest BCUT2D eigenvalue weighted by Crippen LogP contribution is -2.38. The molecule has 0 spiro atoms. The highest BCUT2D eigenvalue weighted by Crippen LogP contribution is 2.10. The van der Waals surface area contributed by atoms with E-state index in [1.165, 1.54) is 9.13 Å². The largest absolute Gasteiger partial charge is 0.309 e. The predicted octanol–water partition coefficient (Wildman–Crippen LogP) is 1.62. The summed E-state index contributed by atoms with van der Waals surface area (Å²) < 4.78 is 1.27. The molecule has 0 heterocycles. The fraction of sp³-hybridized carbons (Fsp3) is 0.500. The van der Waals surface area contributed by atoms with Crippen LogP contribution in [0.2, 0.25) is 0 Å². The van der Waals surface area contributed by atoms with E-state index >= 15 is 0 Å². The van der Waals surface area contributed by atoms with Gasteiger partial charge in [-0.2, -0.15) is 0 Å². The number of hydrogen-bond acceptors (Lipinski definition) is 3. The van der Waals surface area contributed by atoms with Crippen molar-refractivity contribution in [1.29, 1.82) is 0 Å². The Labute approximate surface area is 112 Å². The van der Waals surface area contributed by atoms with Crippen molar-refractivity contribution in [2.24, 2.45) is 5.84 Å². The first-order chi connectivity index (χ1) is 7.61. The van der Waals surface area contributed by atoms with Crippen molar-refractivity contribution < 1.29 is 0 Å². The number of nitrogens with zero attached hydrogens (tertiary/aromatic N) is 1. The lowest BCUT2D eigenvalue weighted by molar-refractivity contribution is 0.358. The van der Waals surface area contributed by atoms with Crippen molar-refractivity contribution in [2.45, 2.75) is 18.9 Å². The molecule has 4 heteroatoms. The Kier molecular flexibility index (Phi) is 6.26. The van der Waals surface area contributed by atoms with Crippen molar-refractivity contribution in [2.75, 3.05) is 20.6 Å². The Bertz CT molecular complexity index is 298. The summed E-state index contributed by atoms with van der Waals surface area (Å²) in [6, 6.07) is 8.96. The Morgan fingerprint density at radius 1 is 1.31 bits per heavy atom. The molecule has 0 bridgehead atoms. The highest BCUT2D eigenvalue weighted by Gasteiger charge is 2.07. The van der Waals surface area contributed by atoms with Crippen molar-refractivity contribution in [1.82, 2.24) is 10.3 Å². The maximum Gasteiger partial charge on any atom is 0.0263 e. The second kappa shape index (κ2) is 7.21. The van der Waals surface area contributed by atoms with Gasteiger partial charge in [0, 0.05) is 9.61 Å². The van der Waals surface area contributed by atoms with Gasteiger partial charge in [-0.3, -0.25) is 11.3 Å². The number of hydrogen-bond donors (Lipinski definition) is 2. The highest BCUT2D eigenvalue weighted by molar-refractivity contribution is 14.1. The molecule has 0 saturated carbocycles. The quantitative estimate of drug-likeness (QED) is 0.472. The molecule has 0 aliphatic heterocycles. The van der Waals surface area contributed by atoms with Crippen molar-refractivity contribution in [3.8, 4) is 0 Å². The summed E-state index contributed by atoms with van der Waals surface area (Å²) in [5.74, 6) is 5.57. The second-order valence-corrected chi connectivity index (χ2v) is 5.53. The average Bonchev–Trinajstić information content (AvgIpc) is 2.26. The normalized spacial score (nSPS) is 13.1. The molecule has 1 aromatic carbocycles. The van der Waals surface area contributed by atoms with Crippen LogP contribution in [-0.4, -0.2) is 31.6 Å². The molecule has 0 aliphatic rings. The number of rotatable bonds is 6. The fourth-order valence-electron chi connectivity index (χ4n) is 1.56. The van der Waals surface area contributed by atoms with Gasteiger partial charge in [-0.1, -0.05) is 12.1 Å². The monoisotopic (exact) mass is 333 g/mol. The minimum atomic E-state index is 0.350. The molecule has 90 valence electrons. The van der Waals surface area contributed by atoms with Crippen LogP contribution in [0.25, 0.3) is 0 Å². The number of nitrogens with two attached hydrogens (primary N) is 1. The molecule has 0 amide bonds. The molecule has 1 unspecified atom stereocenters. The molecular weight excluding hydrogens is 313 g/mol. The van der Waals surface area contributed by atoms with Crippen LogP contribution in [0.3, 0.4) is 0 Å². The molecule has 1 atom stereocenters. The Hall–Kier alpha value is -0.170. The maximum atomic E-state index is 5.57. The maximum absolute atomic E-state index is 5.57. The van der Waals surface area contributed by atoms with Gasteiger partial charge >= 0.3 is 0 Å². The van der Waals surface area contributed by atoms with E-state index in [1.807, 2.05) is 0 Å². The zero-order valence-electron chi connectivity index (χ0n) is 9.91. The van der Waals surface area contributed by atoms with Gasteiger partial charge in [0.2, 0.25) is 0 Å². The van der Waals surface area contributed by atoms with Gasteiger partial charge in [-0.15, -0.1) is 0 Å². The SMILES string of the molecule is CN(C)CCC(Cc1ccc(I)cc1)NN. The summed E-state index contributed by atoms with van der Waals surface area (Å²) >= 11 is 2.32. The van der Waals surface area contributed by atoms with Crippen molar-refractivity contribution in [3.05, 3.63) is 33.4 Å². The van der Waals surface area contributed by atoms with Gasteiger partial charge in [0.05, 0.1) is 0 Å². The smallest absolute Gasteiger partial charge is 0.0263 e. The Balaban J connectivity index is 2.46. The van der Waals surface area contributed by atoms with Crippen LogP contribution >= 0.6 is 22.6 Å². The van der Waals surface area contributed by atoms with Gasteiger partial charge in [-0.25, -0.2) is 0 Å². The first kappa shape index (κ1) is 13.9. The van der Waals surface area contributed by atoms with Crippen molar-refractivity contribution >= 4 is 22.6 Å². The number of benzene rings is 1. The molecule has 0 aliphatic carbocycles. The summed E-state index contributed by atoms with van der Waals surface area (Å²) in [5, 5.41) is 0. The molecule has 3 N–H and O–H groups in total. The molecule has 16 heavy (non-hydrogen) atoms. The van der Waals surface area contributed by atoms with E-state index in [-0.39, 0.29) is 0 Å². The molecule has 0 aromatic heterocycles. The topological polar surface area (TPSA) is 41.3 Å². The lowest BCUT2D eigenvalue weighted by Gasteiger charge is -2.18. The molecule has 0 saturated heterocycles. The summed E-state index contributed by atoms with van der Waals surface area (Å²) in [5.41, 5.74) is 4.23. The molecule has 1 aromatic rings. The van der Waals surface area contributed by atoms with Gasteiger partial charge in [0.1, 0.15) is 0 Å². The van der Waals surface area contributed by atoms with Gasteiger partial charge in [0.25, 0.3) is 0 Å². The number of halogens is 1. The third kappa shape index (κ3) is 5.25. The van der Waals surface area contributed by atoms with Crippen LogP contribution in [-0.2, 0) is 6.42 Å². The van der Waals surface area contributed by atoms with Crippen LogP contribution in [0.5, 0.6) is 0 Å². The molecule has 1 rings (SSSR count). The fourth-order valence-corrected chi connectivity index (χ4v) is 1.92. The second-order valence-electron chi connectivity index (χ2n) is 4.29. The number of hydrazine groups is 1. The first-order valence-electron chi connectivity index (χ1n) is 5.47. The molecule has 0 fully saturated rings. The van der Waals surface area contributed by atoms with Crippen LogP contribution in [0.4, 0.5) is 0 Å². The van der Waals surface area contributed by atoms with E-state index < -0.39 is 0 Å². The Morgan fingerprint density at radius 3 is 2.44 bits per heavy atom. The predicted molar refractivity (Wildman–Crippen MR) is 77.1 cm³/mol. The molecule has 0 radical (unpaired) electrons. The first-order valence-corrected chi connectivity index (χ1v) is 6.55. The summed E-state index contributed by atoms with van der Waals surface area (Å²) in [6.07, 6.45) is 2.05. The third-order valence-corrected chi connectivity index (χ3v) is 3.28. The van der Waals surface area contributed by atoms with Crippen LogP contribution < -0.4 is 11.3 Å². The Morgan fingerprint density at radius 2 is 1.94 bits per heavy atom. The van der Waals surface area contributed by atoms with Crippen LogP contribution in [0, 0.1) is 3.57 Å². The zero-order valence-corrected chi connectivity index (χ0v) is 12.1. The third-order valence-electron chi connectivity index (χ3n) is 2.56. The lowest BCUT2D eigenvalue weighted by atomic mass is 10.0. The van der Waals surface area contributed by atoms with Crippen LogP contribution in [0.15, 0.2) is 24.3 Å². The van der Waals surface area contributed by atoms with E-state index in [4.69, 9.17) is 5.84 Å². The van der Waals surface area contributed by atoms with E-state index in [0.717, 1.165) is 19.4 Å². The summed E-state index contributed by atoms with van der Waals surface area (Å²) in [7, 11) is 4.16. The van der Waals surface area contributed by atoms with Gasteiger partial charge < -0.3 is 4.90 Å². The number of nitrogens with one attached hydrogen (secondary N) is 1. The van der Waals surface area contributed by atoms with E-state index in [9.17, 15) is 0 Å². The average molecular weight is 333 g/mol. The minimum absolute atomic E-state index is 0.350. The van der Waals surface area contributed by atoms with Crippen molar-refractivity contribution in [3.63, 3.8) is 0 Å². The summed E-state index contributed by atoms with van der Waals surface area (Å²) in [6.45, 7) is 1.05. The van der Waals surface area contributed by atoms with E-state index in [1.54, 1.807) is 0 Å². The zero-order chi connectivity index (χ0) is 12.0. The van der Waals surface area contributed by atoms with Gasteiger partial charge in [0.15, 0.2) is 0 Å². The highest BCUT2D eigenvalue weighted by atomic mass is 127. The van der Waals surface area contributed by atoms with Gasteiger partial charge in [-0.05, 0) is 73.8 Å². The van der Waals surface area contributed by atoms with E-state index in [0.29, 0.717) is 6.04 Å². The van der Waals surface area contributed by atoms with E-state index in [2.05, 4.69) is 71.3 Å². The van der Waals surface area contributed by atoms with Crippen LogP contribution in [0.1, 0.15) is 12.0 Å². The standard InChI is InChI=1S/C12H20IN3/c1-16(2)8-7-12(15-14)9-10-3-5-11(13)6-4-10/h3-6,12,15H,7-9,14H2,1-2H3. The molecule has 3 nitrogen and oxygen atoms in total. The molecular formula is C12H20IN3.